The molecular formula is C10H27NO4Si4. The lowest BCUT2D eigenvalue weighted by molar-refractivity contribution is 0.253. The van der Waals surface area contributed by atoms with Crippen LogP contribution in [0.25, 0.3) is 0 Å². The fraction of sp³-hybridized carbons (Fsp3) is 1.00. The van der Waals surface area contributed by atoms with Crippen molar-refractivity contribution in [2.75, 3.05) is 0 Å². The molecule has 0 bridgehead atoms. The summed E-state index contributed by atoms with van der Waals surface area (Å²) >= 11 is 0. The van der Waals surface area contributed by atoms with Crippen LogP contribution < -0.4 is 4.98 Å². The van der Waals surface area contributed by atoms with E-state index in [-0.39, 0.29) is 0 Å². The van der Waals surface area contributed by atoms with E-state index in [4.69, 9.17) is 16.5 Å². The van der Waals surface area contributed by atoms with Crippen molar-refractivity contribution in [1.82, 2.24) is 4.98 Å². The molecule has 0 radical (unpaired) electrons. The Hall–Kier alpha value is 0.668. The van der Waals surface area contributed by atoms with Gasteiger partial charge in [0.15, 0.2) is 0 Å². The Morgan fingerprint density at radius 1 is 0.895 bits per heavy atom. The highest BCUT2D eigenvalue weighted by Crippen LogP contribution is 2.21. The maximum Gasteiger partial charge on any atom is 0.403 e. The second-order valence-corrected chi connectivity index (χ2v) is 15.3. The molecule has 112 valence electrons. The monoisotopic (exact) mass is 337 g/mol. The SMILES string of the molecule is C[SiH]1O[SiH](C)O[Si](C)(NC2CCCCC2)O[SiH](C)O1. The maximum atomic E-state index is 6.23. The van der Waals surface area contributed by atoms with Crippen LogP contribution in [-0.2, 0) is 16.5 Å². The zero-order chi connectivity index (χ0) is 13.9. The molecule has 2 unspecified atom stereocenters. The van der Waals surface area contributed by atoms with E-state index in [1.54, 1.807) is 0 Å². The predicted molar refractivity (Wildman–Crippen MR) is 85.0 cm³/mol. The molecule has 5 nitrogen and oxygen atoms in total. The zero-order valence-corrected chi connectivity index (χ0v) is 16.9. The molecular weight excluding hydrogens is 310 g/mol. The molecule has 9 heteroatoms. The third-order valence-corrected chi connectivity index (χ3v) is 16.9. The van der Waals surface area contributed by atoms with E-state index >= 15 is 0 Å². The van der Waals surface area contributed by atoms with Gasteiger partial charge in [-0.15, -0.1) is 0 Å². The molecule has 0 aromatic rings. The second-order valence-electron chi connectivity index (χ2n) is 5.64. The first-order valence-corrected chi connectivity index (χ1v) is 16.0. The van der Waals surface area contributed by atoms with Crippen LogP contribution in [0.4, 0.5) is 0 Å². The Balaban J connectivity index is 1.97. The molecule has 2 rings (SSSR count). The summed E-state index contributed by atoms with van der Waals surface area (Å²) < 4.78 is 24.3. The Morgan fingerprint density at radius 2 is 1.42 bits per heavy atom. The number of hydrogen-bond donors (Lipinski definition) is 1. The summed E-state index contributed by atoms with van der Waals surface area (Å²) in [5.74, 6) is 0. The van der Waals surface area contributed by atoms with Crippen molar-refractivity contribution in [2.45, 2.75) is 64.3 Å². The van der Waals surface area contributed by atoms with Crippen LogP contribution in [0.1, 0.15) is 32.1 Å². The lowest BCUT2D eigenvalue weighted by Gasteiger charge is -2.39. The average Bonchev–Trinajstić information content (AvgIpc) is 2.26. The van der Waals surface area contributed by atoms with Crippen molar-refractivity contribution < 1.29 is 16.5 Å². The van der Waals surface area contributed by atoms with Gasteiger partial charge in [-0.25, -0.2) is 0 Å². The van der Waals surface area contributed by atoms with Crippen molar-refractivity contribution in [1.29, 1.82) is 0 Å². The summed E-state index contributed by atoms with van der Waals surface area (Å²) in [5, 5.41) is 0. The van der Waals surface area contributed by atoms with E-state index in [9.17, 15) is 0 Å². The summed E-state index contributed by atoms with van der Waals surface area (Å²) in [7, 11) is -7.07. The first-order chi connectivity index (χ1) is 8.97. The molecule has 2 atom stereocenters. The summed E-state index contributed by atoms with van der Waals surface area (Å²) in [6.45, 7) is 8.36. The standard InChI is InChI=1S/C10H27NO4Si4/c1-16-12-17(2)14-19(4,15-18(3)13-16)11-10-8-6-5-7-9-10/h10-11,16-18H,5-9H2,1-4H3. The van der Waals surface area contributed by atoms with Crippen LogP contribution in [0.15, 0.2) is 0 Å². The van der Waals surface area contributed by atoms with E-state index in [0.717, 1.165) is 0 Å². The van der Waals surface area contributed by atoms with Crippen LogP contribution in [0.5, 0.6) is 0 Å². The van der Waals surface area contributed by atoms with E-state index in [1.807, 2.05) is 0 Å². The van der Waals surface area contributed by atoms with E-state index in [1.165, 1.54) is 32.1 Å². The van der Waals surface area contributed by atoms with Gasteiger partial charge < -0.3 is 16.5 Å². The van der Waals surface area contributed by atoms with Crippen molar-refractivity contribution >= 4 is 36.6 Å². The van der Waals surface area contributed by atoms with E-state index < -0.39 is 36.6 Å². The first kappa shape index (κ1) is 16.0. The van der Waals surface area contributed by atoms with E-state index in [2.05, 4.69) is 31.2 Å². The van der Waals surface area contributed by atoms with Crippen molar-refractivity contribution in [2.24, 2.45) is 0 Å². The van der Waals surface area contributed by atoms with Gasteiger partial charge in [-0.3, -0.25) is 4.98 Å². The molecule has 1 aliphatic carbocycles. The minimum absolute atomic E-state index is 0.557. The van der Waals surface area contributed by atoms with Crippen molar-refractivity contribution in [3.05, 3.63) is 0 Å². The minimum atomic E-state index is -2.32. The summed E-state index contributed by atoms with van der Waals surface area (Å²) in [6.07, 6.45) is 6.49. The first-order valence-electron chi connectivity index (χ1n) is 7.41. The van der Waals surface area contributed by atoms with Crippen LogP contribution in [-0.4, -0.2) is 42.6 Å². The Morgan fingerprint density at radius 3 is 1.95 bits per heavy atom. The summed E-state index contributed by atoms with van der Waals surface area (Å²) in [4.78, 5) is 3.70. The maximum absolute atomic E-state index is 6.23. The second kappa shape index (κ2) is 7.09. The van der Waals surface area contributed by atoms with Gasteiger partial charge in [0.05, 0.1) is 0 Å². The number of rotatable bonds is 2. The van der Waals surface area contributed by atoms with Gasteiger partial charge in [0, 0.05) is 6.04 Å². The van der Waals surface area contributed by atoms with Crippen LogP contribution >= 0.6 is 0 Å². The highest BCUT2D eigenvalue weighted by Gasteiger charge is 2.41. The largest absolute Gasteiger partial charge is 0.420 e. The van der Waals surface area contributed by atoms with Crippen LogP contribution in [0.2, 0.25) is 26.2 Å². The minimum Gasteiger partial charge on any atom is -0.420 e. The van der Waals surface area contributed by atoms with Crippen LogP contribution in [0, 0.1) is 0 Å². The highest BCUT2D eigenvalue weighted by molar-refractivity contribution is 6.79. The molecule has 2 fully saturated rings. The van der Waals surface area contributed by atoms with E-state index in [0.29, 0.717) is 6.04 Å². The third-order valence-electron chi connectivity index (χ3n) is 3.62. The van der Waals surface area contributed by atoms with Gasteiger partial charge in [-0.2, -0.15) is 0 Å². The van der Waals surface area contributed by atoms with Gasteiger partial charge in [-0.1, -0.05) is 19.3 Å². The number of hydrogen-bond acceptors (Lipinski definition) is 5. The lowest BCUT2D eigenvalue weighted by Crippen LogP contribution is -2.64. The smallest absolute Gasteiger partial charge is 0.403 e. The predicted octanol–water partition coefficient (Wildman–Crippen LogP) is 1.11. The summed E-state index contributed by atoms with van der Waals surface area (Å²) in [5.41, 5.74) is 0. The molecule has 0 aromatic heterocycles. The quantitative estimate of drug-likeness (QED) is 0.765. The van der Waals surface area contributed by atoms with Crippen molar-refractivity contribution in [3.63, 3.8) is 0 Å². The Kier molecular flexibility index (Phi) is 5.99. The lowest BCUT2D eigenvalue weighted by atomic mass is 9.96. The molecule has 1 heterocycles. The fourth-order valence-electron chi connectivity index (χ4n) is 2.97. The molecule has 1 saturated carbocycles. The average molecular weight is 338 g/mol. The molecule has 1 aliphatic heterocycles. The van der Waals surface area contributed by atoms with Gasteiger partial charge >= 0.3 is 27.3 Å². The summed E-state index contributed by atoms with van der Waals surface area (Å²) in [6, 6.07) is 0.557. The van der Waals surface area contributed by atoms with Crippen molar-refractivity contribution in [3.8, 4) is 0 Å². The molecule has 0 aromatic carbocycles. The molecule has 1 N–H and O–H groups in total. The Labute approximate surface area is 122 Å². The molecule has 2 aliphatic rings. The van der Waals surface area contributed by atoms with Gasteiger partial charge in [-0.05, 0) is 39.0 Å². The molecule has 1 saturated heterocycles. The van der Waals surface area contributed by atoms with Crippen LogP contribution in [0.3, 0.4) is 0 Å². The van der Waals surface area contributed by atoms with Gasteiger partial charge in [0.2, 0.25) is 0 Å². The molecule has 19 heavy (non-hydrogen) atoms. The normalized spacial score (nSPS) is 42.6. The number of nitrogens with one attached hydrogen (secondary N) is 1. The Bertz CT molecular complexity index is 279. The topological polar surface area (TPSA) is 49.0 Å². The molecule has 0 amide bonds. The molecule has 0 spiro atoms. The van der Waals surface area contributed by atoms with Gasteiger partial charge in [0.1, 0.15) is 0 Å². The zero-order valence-electron chi connectivity index (χ0n) is 12.5. The highest BCUT2D eigenvalue weighted by atomic mass is 28.5. The fourth-order valence-corrected chi connectivity index (χ4v) is 16.9. The van der Waals surface area contributed by atoms with Gasteiger partial charge in [0.25, 0.3) is 9.28 Å². The third kappa shape index (κ3) is 5.17.